The monoisotopic (exact) mass is 404 g/mol. The Morgan fingerprint density at radius 2 is 1.93 bits per heavy atom. The van der Waals surface area contributed by atoms with Crippen LogP contribution in [0.2, 0.25) is 5.02 Å². The normalized spacial score (nSPS) is 25.2. The van der Waals surface area contributed by atoms with E-state index in [1.54, 1.807) is 21.9 Å². The van der Waals surface area contributed by atoms with E-state index in [9.17, 15) is 14.4 Å². The smallest absolute Gasteiger partial charge is 0.224 e. The van der Waals surface area contributed by atoms with Gasteiger partial charge in [-0.15, -0.1) is 0 Å². The molecule has 2 fully saturated rings. The molecular formula is C22H29ClN2O3. The van der Waals surface area contributed by atoms with Crippen molar-refractivity contribution in [3.05, 3.63) is 34.9 Å². The Morgan fingerprint density at radius 1 is 1.25 bits per heavy atom. The molecule has 1 aromatic rings. The Balaban J connectivity index is 1.93. The molecule has 0 aliphatic carbocycles. The predicted octanol–water partition coefficient (Wildman–Crippen LogP) is 3.68. The van der Waals surface area contributed by atoms with Crippen molar-refractivity contribution in [2.45, 2.75) is 58.5 Å². The van der Waals surface area contributed by atoms with Crippen molar-refractivity contribution >= 4 is 29.2 Å². The summed E-state index contributed by atoms with van der Waals surface area (Å²) in [5.74, 6) is 0.000218. The van der Waals surface area contributed by atoms with Crippen molar-refractivity contribution in [3.63, 3.8) is 0 Å². The van der Waals surface area contributed by atoms with Gasteiger partial charge in [0.1, 0.15) is 5.54 Å². The highest BCUT2D eigenvalue weighted by atomic mass is 35.5. The van der Waals surface area contributed by atoms with Gasteiger partial charge in [0.05, 0.1) is 6.54 Å². The number of hydrogen-bond acceptors (Lipinski definition) is 3. The largest absolute Gasteiger partial charge is 0.340 e. The van der Waals surface area contributed by atoms with Crippen LogP contribution in [0.4, 0.5) is 0 Å². The lowest BCUT2D eigenvalue weighted by Gasteiger charge is -2.47. The number of rotatable bonds is 5. The summed E-state index contributed by atoms with van der Waals surface area (Å²) in [5, 5.41) is 0.636. The Kier molecular flexibility index (Phi) is 6.13. The molecule has 3 rings (SSSR count). The lowest BCUT2D eigenvalue weighted by atomic mass is 9.73. The topological polar surface area (TPSA) is 57.7 Å². The van der Waals surface area contributed by atoms with Gasteiger partial charge in [0.15, 0.2) is 5.78 Å². The average molecular weight is 405 g/mol. The lowest BCUT2D eigenvalue weighted by Crippen LogP contribution is -2.64. The molecule has 2 saturated heterocycles. The first-order valence-electron chi connectivity index (χ1n) is 10.2. The number of benzene rings is 1. The van der Waals surface area contributed by atoms with Crippen LogP contribution >= 0.6 is 11.6 Å². The molecular weight excluding hydrogens is 376 g/mol. The van der Waals surface area contributed by atoms with Crippen molar-refractivity contribution in [2.75, 3.05) is 13.1 Å². The zero-order chi connectivity index (χ0) is 20.5. The molecule has 2 heterocycles. The van der Waals surface area contributed by atoms with Crippen LogP contribution in [0.5, 0.6) is 0 Å². The number of hydrogen-bond donors (Lipinski definition) is 0. The lowest BCUT2D eigenvalue weighted by molar-refractivity contribution is -0.159. The van der Waals surface area contributed by atoms with E-state index in [0.717, 1.165) is 12.0 Å². The molecule has 0 N–H and O–H groups in total. The zero-order valence-electron chi connectivity index (χ0n) is 16.9. The molecule has 2 aliphatic heterocycles. The molecule has 1 spiro atoms. The van der Waals surface area contributed by atoms with Crippen LogP contribution in [-0.4, -0.2) is 46.0 Å². The summed E-state index contributed by atoms with van der Waals surface area (Å²) in [7, 11) is 0. The van der Waals surface area contributed by atoms with E-state index < -0.39 is 5.54 Å². The van der Waals surface area contributed by atoms with Crippen LogP contribution in [0.15, 0.2) is 24.3 Å². The van der Waals surface area contributed by atoms with Gasteiger partial charge < -0.3 is 9.80 Å². The van der Waals surface area contributed by atoms with E-state index in [4.69, 9.17) is 11.6 Å². The molecule has 6 heteroatoms. The fraction of sp³-hybridized carbons (Fsp3) is 0.591. The van der Waals surface area contributed by atoms with Gasteiger partial charge >= 0.3 is 0 Å². The Morgan fingerprint density at radius 3 is 2.54 bits per heavy atom. The van der Waals surface area contributed by atoms with Crippen molar-refractivity contribution < 1.29 is 14.4 Å². The predicted molar refractivity (Wildman–Crippen MR) is 109 cm³/mol. The summed E-state index contributed by atoms with van der Waals surface area (Å²) < 4.78 is 0. The molecule has 2 atom stereocenters. The molecule has 5 nitrogen and oxygen atoms in total. The molecule has 0 saturated carbocycles. The summed E-state index contributed by atoms with van der Waals surface area (Å²) in [6.07, 6.45) is 2.01. The zero-order valence-corrected chi connectivity index (χ0v) is 17.7. The molecule has 152 valence electrons. The number of carbonyl (C=O) groups excluding carboxylic acids is 3. The van der Waals surface area contributed by atoms with Gasteiger partial charge in [0, 0.05) is 36.9 Å². The van der Waals surface area contributed by atoms with Gasteiger partial charge in [-0.3, -0.25) is 14.4 Å². The highest BCUT2D eigenvalue weighted by Gasteiger charge is 2.57. The maximum absolute atomic E-state index is 13.6. The van der Waals surface area contributed by atoms with E-state index in [1.165, 1.54) is 0 Å². The van der Waals surface area contributed by atoms with Crippen LogP contribution in [0.25, 0.3) is 0 Å². The maximum atomic E-state index is 13.6. The number of carbonyl (C=O) groups is 3. The quantitative estimate of drug-likeness (QED) is 0.752. The van der Waals surface area contributed by atoms with E-state index in [1.807, 2.05) is 32.9 Å². The Hall–Kier alpha value is -1.88. The number of ketones is 1. The third-order valence-corrected chi connectivity index (χ3v) is 6.38. The molecule has 0 aromatic heterocycles. The molecule has 2 aliphatic rings. The first-order valence-corrected chi connectivity index (χ1v) is 10.5. The van der Waals surface area contributed by atoms with Crippen LogP contribution in [-0.2, 0) is 20.9 Å². The van der Waals surface area contributed by atoms with Crippen LogP contribution in [0, 0.1) is 11.8 Å². The highest BCUT2D eigenvalue weighted by Crippen LogP contribution is 2.40. The van der Waals surface area contributed by atoms with Crippen molar-refractivity contribution in [2.24, 2.45) is 11.8 Å². The van der Waals surface area contributed by atoms with Gasteiger partial charge in [0.2, 0.25) is 11.8 Å². The fourth-order valence-corrected chi connectivity index (χ4v) is 4.58. The number of Topliss-reactive ketones (excluding diaryl/α,β-unsaturated/α-hetero) is 1. The second-order valence-electron chi connectivity index (χ2n) is 8.37. The van der Waals surface area contributed by atoms with Crippen LogP contribution < -0.4 is 0 Å². The third kappa shape index (κ3) is 3.82. The van der Waals surface area contributed by atoms with Gasteiger partial charge in [-0.25, -0.2) is 0 Å². The third-order valence-electron chi connectivity index (χ3n) is 6.13. The number of halogens is 1. The van der Waals surface area contributed by atoms with Crippen LogP contribution in [0.1, 0.15) is 52.0 Å². The summed E-state index contributed by atoms with van der Waals surface area (Å²) >= 11 is 5.99. The first kappa shape index (κ1) is 20.8. The minimum atomic E-state index is -0.909. The average Bonchev–Trinajstić information content (AvgIpc) is 3.10. The van der Waals surface area contributed by atoms with Crippen LogP contribution in [0.3, 0.4) is 0 Å². The molecule has 1 aromatic carbocycles. The summed E-state index contributed by atoms with van der Waals surface area (Å²) in [4.78, 5) is 42.7. The Bertz CT molecular complexity index is 762. The molecule has 2 unspecified atom stereocenters. The minimum absolute atomic E-state index is 0.00181. The Labute approximate surface area is 172 Å². The second-order valence-corrected chi connectivity index (χ2v) is 8.81. The van der Waals surface area contributed by atoms with Gasteiger partial charge in [-0.2, -0.15) is 0 Å². The number of nitrogens with zero attached hydrogens (tertiary/aromatic N) is 2. The SMILES string of the molecule is CCCC(=O)N1CCC2(C1)C(=O)C(C(C)C)CC(=O)N2Cc1ccc(Cl)cc1. The summed E-state index contributed by atoms with van der Waals surface area (Å²) in [6.45, 7) is 7.16. The van der Waals surface area contributed by atoms with E-state index in [-0.39, 0.29) is 35.9 Å². The maximum Gasteiger partial charge on any atom is 0.224 e. The second kappa shape index (κ2) is 8.24. The summed E-state index contributed by atoms with van der Waals surface area (Å²) in [5.41, 5.74) is 0.0269. The van der Waals surface area contributed by atoms with Crippen molar-refractivity contribution in [1.82, 2.24) is 9.80 Å². The fourth-order valence-electron chi connectivity index (χ4n) is 4.46. The van der Waals surface area contributed by atoms with E-state index >= 15 is 0 Å². The first-order chi connectivity index (χ1) is 13.3. The van der Waals surface area contributed by atoms with E-state index in [0.29, 0.717) is 37.5 Å². The minimum Gasteiger partial charge on any atom is -0.340 e. The summed E-state index contributed by atoms with van der Waals surface area (Å²) in [6, 6.07) is 7.36. The van der Waals surface area contributed by atoms with Gasteiger partial charge in [-0.1, -0.05) is 44.5 Å². The molecule has 2 amide bonds. The highest BCUT2D eigenvalue weighted by molar-refractivity contribution is 6.30. The van der Waals surface area contributed by atoms with Crippen molar-refractivity contribution in [3.8, 4) is 0 Å². The number of likely N-dealkylation sites (tertiary alicyclic amines) is 2. The van der Waals surface area contributed by atoms with E-state index in [2.05, 4.69) is 0 Å². The molecule has 0 radical (unpaired) electrons. The van der Waals surface area contributed by atoms with Gasteiger partial charge in [0.25, 0.3) is 0 Å². The molecule has 28 heavy (non-hydrogen) atoms. The van der Waals surface area contributed by atoms with Crippen molar-refractivity contribution in [1.29, 1.82) is 0 Å². The number of amides is 2. The molecule has 0 bridgehead atoms. The van der Waals surface area contributed by atoms with Gasteiger partial charge in [-0.05, 0) is 36.5 Å². The number of piperidine rings is 1. The standard InChI is InChI=1S/C22H29ClN2O3/c1-4-5-19(26)24-11-10-22(14-24)21(28)18(15(2)3)12-20(27)25(22)13-16-6-8-17(23)9-7-16/h6-9,15,18H,4-5,10-14H2,1-3H3.